The lowest BCUT2D eigenvalue weighted by molar-refractivity contribution is 0.132. The number of ether oxygens (including phenoxy) is 1. The summed E-state index contributed by atoms with van der Waals surface area (Å²) in [4.78, 5) is 0. The molecule has 0 aliphatic heterocycles. The van der Waals surface area contributed by atoms with Crippen LogP contribution < -0.4 is 10.5 Å². The fourth-order valence-corrected chi connectivity index (χ4v) is 1.38. The molecule has 0 aliphatic carbocycles. The lowest BCUT2D eigenvalue weighted by atomic mass is 9.82. The molecule has 1 aromatic rings. The Morgan fingerprint density at radius 2 is 2.06 bits per heavy atom. The third kappa shape index (κ3) is 3.37. The van der Waals surface area contributed by atoms with Gasteiger partial charge in [0, 0.05) is 18.1 Å². The average molecular weight is 246 g/mol. The quantitative estimate of drug-likeness (QED) is 0.855. The molecule has 0 saturated heterocycles. The number of methoxy groups -OCH3 is 1. The van der Waals surface area contributed by atoms with Crippen LogP contribution in [0, 0.1) is 5.41 Å². The van der Waals surface area contributed by atoms with E-state index in [9.17, 15) is 5.11 Å². The smallest absolute Gasteiger partial charge is 0.119 e. The van der Waals surface area contributed by atoms with Gasteiger partial charge in [-0.1, -0.05) is 26.0 Å². The molecule has 16 heavy (non-hydrogen) atoms. The lowest BCUT2D eigenvalue weighted by Gasteiger charge is -2.29. The van der Waals surface area contributed by atoms with Crippen molar-refractivity contribution < 1.29 is 9.84 Å². The van der Waals surface area contributed by atoms with Crippen LogP contribution in [0.2, 0.25) is 0 Å². The van der Waals surface area contributed by atoms with Crippen LogP contribution in [-0.4, -0.2) is 18.8 Å². The SMILES string of the molecule is COc1cccc([C@@H](N)C(C)(C)CO)c1.Cl. The number of benzene rings is 1. The predicted molar refractivity (Wildman–Crippen MR) is 68.0 cm³/mol. The van der Waals surface area contributed by atoms with Gasteiger partial charge in [-0.3, -0.25) is 0 Å². The van der Waals surface area contributed by atoms with Crippen molar-refractivity contribution >= 4 is 12.4 Å². The van der Waals surface area contributed by atoms with Crippen molar-refractivity contribution in [2.45, 2.75) is 19.9 Å². The highest BCUT2D eigenvalue weighted by molar-refractivity contribution is 5.85. The number of hydrogen-bond donors (Lipinski definition) is 2. The average Bonchev–Trinajstić information content (AvgIpc) is 2.28. The highest BCUT2D eigenvalue weighted by atomic mass is 35.5. The Bertz CT molecular complexity index is 329. The maximum atomic E-state index is 9.24. The van der Waals surface area contributed by atoms with Crippen LogP contribution >= 0.6 is 12.4 Å². The van der Waals surface area contributed by atoms with Gasteiger partial charge in [-0.15, -0.1) is 12.4 Å². The first kappa shape index (κ1) is 15.2. The van der Waals surface area contributed by atoms with E-state index in [4.69, 9.17) is 10.5 Å². The Morgan fingerprint density at radius 1 is 1.44 bits per heavy atom. The molecule has 1 rings (SSSR count). The molecule has 0 unspecified atom stereocenters. The molecule has 0 radical (unpaired) electrons. The molecule has 4 heteroatoms. The number of aliphatic hydroxyl groups excluding tert-OH is 1. The number of halogens is 1. The van der Waals surface area contributed by atoms with E-state index in [0.29, 0.717) is 0 Å². The van der Waals surface area contributed by atoms with Crippen molar-refractivity contribution in [3.05, 3.63) is 29.8 Å². The fraction of sp³-hybridized carbons (Fsp3) is 0.500. The van der Waals surface area contributed by atoms with Gasteiger partial charge in [-0.2, -0.15) is 0 Å². The van der Waals surface area contributed by atoms with Gasteiger partial charge < -0.3 is 15.6 Å². The molecule has 1 atom stereocenters. The van der Waals surface area contributed by atoms with E-state index in [1.54, 1.807) is 7.11 Å². The van der Waals surface area contributed by atoms with Crippen molar-refractivity contribution in [3.8, 4) is 5.75 Å². The van der Waals surface area contributed by atoms with Gasteiger partial charge in [-0.05, 0) is 17.7 Å². The number of hydrogen-bond acceptors (Lipinski definition) is 3. The zero-order valence-electron chi connectivity index (χ0n) is 9.93. The molecule has 0 aliphatic rings. The number of rotatable bonds is 4. The van der Waals surface area contributed by atoms with Crippen LogP contribution in [0.15, 0.2) is 24.3 Å². The van der Waals surface area contributed by atoms with Crippen LogP contribution in [0.5, 0.6) is 5.75 Å². The van der Waals surface area contributed by atoms with Crippen LogP contribution in [0.4, 0.5) is 0 Å². The Balaban J connectivity index is 0.00000225. The van der Waals surface area contributed by atoms with E-state index in [2.05, 4.69) is 0 Å². The molecule has 0 heterocycles. The molecule has 92 valence electrons. The Hall–Kier alpha value is -0.770. The zero-order chi connectivity index (χ0) is 11.5. The molecule has 3 N–H and O–H groups in total. The largest absolute Gasteiger partial charge is 0.497 e. The molecule has 0 saturated carbocycles. The predicted octanol–water partition coefficient (Wildman–Crippen LogP) is 2.14. The van der Waals surface area contributed by atoms with Crippen LogP contribution in [-0.2, 0) is 0 Å². The summed E-state index contributed by atoms with van der Waals surface area (Å²) >= 11 is 0. The number of aliphatic hydroxyl groups is 1. The summed E-state index contributed by atoms with van der Waals surface area (Å²) in [7, 11) is 1.63. The third-order valence-electron chi connectivity index (χ3n) is 2.70. The number of nitrogens with two attached hydrogens (primary N) is 1. The van der Waals surface area contributed by atoms with Crippen molar-refractivity contribution in [2.75, 3.05) is 13.7 Å². The van der Waals surface area contributed by atoms with E-state index >= 15 is 0 Å². The van der Waals surface area contributed by atoms with Crippen LogP contribution in [0.3, 0.4) is 0 Å². The Labute approximate surface area is 103 Å². The summed E-state index contributed by atoms with van der Waals surface area (Å²) in [6.07, 6.45) is 0. The molecule has 0 aromatic heterocycles. The second kappa shape index (κ2) is 6.09. The van der Waals surface area contributed by atoms with Crippen molar-refractivity contribution in [1.29, 1.82) is 0 Å². The van der Waals surface area contributed by atoms with Crippen LogP contribution in [0.1, 0.15) is 25.5 Å². The monoisotopic (exact) mass is 245 g/mol. The van der Waals surface area contributed by atoms with E-state index in [1.807, 2.05) is 38.1 Å². The van der Waals surface area contributed by atoms with E-state index in [1.165, 1.54) is 0 Å². The molecular weight excluding hydrogens is 226 g/mol. The van der Waals surface area contributed by atoms with Crippen molar-refractivity contribution in [3.63, 3.8) is 0 Å². The maximum absolute atomic E-state index is 9.24. The molecule has 0 amide bonds. The first-order chi connectivity index (χ1) is 7.01. The Morgan fingerprint density at radius 3 is 2.56 bits per heavy atom. The summed E-state index contributed by atoms with van der Waals surface area (Å²) in [6.45, 7) is 3.94. The first-order valence-electron chi connectivity index (χ1n) is 5.01. The topological polar surface area (TPSA) is 55.5 Å². The molecule has 0 spiro atoms. The van der Waals surface area contributed by atoms with E-state index in [-0.39, 0.29) is 30.5 Å². The highest BCUT2D eigenvalue weighted by Crippen LogP contribution is 2.31. The van der Waals surface area contributed by atoms with E-state index < -0.39 is 0 Å². The molecule has 0 bridgehead atoms. The summed E-state index contributed by atoms with van der Waals surface area (Å²) in [5.74, 6) is 0.789. The minimum Gasteiger partial charge on any atom is -0.497 e. The summed E-state index contributed by atoms with van der Waals surface area (Å²) < 4.78 is 5.13. The minimum absolute atomic E-state index is 0. The van der Waals surface area contributed by atoms with Gasteiger partial charge in [0.2, 0.25) is 0 Å². The normalized spacial score (nSPS) is 12.8. The lowest BCUT2D eigenvalue weighted by Crippen LogP contribution is -2.32. The van der Waals surface area contributed by atoms with Gasteiger partial charge in [0.05, 0.1) is 7.11 Å². The molecule has 3 nitrogen and oxygen atoms in total. The van der Waals surface area contributed by atoms with Gasteiger partial charge in [0.25, 0.3) is 0 Å². The van der Waals surface area contributed by atoms with Gasteiger partial charge in [0.1, 0.15) is 5.75 Å². The van der Waals surface area contributed by atoms with Gasteiger partial charge >= 0.3 is 0 Å². The molecule has 0 fully saturated rings. The maximum Gasteiger partial charge on any atom is 0.119 e. The molecule has 1 aromatic carbocycles. The summed E-state index contributed by atoms with van der Waals surface area (Å²) in [5.41, 5.74) is 6.74. The third-order valence-corrected chi connectivity index (χ3v) is 2.70. The second-order valence-corrected chi connectivity index (χ2v) is 4.40. The summed E-state index contributed by atoms with van der Waals surface area (Å²) in [5, 5.41) is 9.24. The van der Waals surface area contributed by atoms with Crippen LogP contribution in [0.25, 0.3) is 0 Å². The standard InChI is InChI=1S/C12H19NO2.ClH/c1-12(2,8-14)11(13)9-5-4-6-10(7-9)15-3;/h4-7,11,14H,8,13H2,1-3H3;1H/t11-;/m1./s1. The van der Waals surface area contributed by atoms with Crippen molar-refractivity contribution in [1.82, 2.24) is 0 Å². The van der Waals surface area contributed by atoms with Crippen molar-refractivity contribution in [2.24, 2.45) is 11.1 Å². The highest BCUT2D eigenvalue weighted by Gasteiger charge is 2.26. The minimum atomic E-state index is -0.327. The Kier molecular flexibility index (Phi) is 5.79. The zero-order valence-corrected chi connectivity index (χ0v) is 10.8. The van der Waals surface area contributed by atoms with Gasteiger partial charge in [0.15, 0.2) is 0 Å². The van der Waals surface area contributed by atoms with E-state index in [0.717, 1.165) is 11.3 Å². The fourth-order valence-electron chi connectivity index (χ4n) is 1.38. The first-order valence-corrected chi connectivity index (χ1v) is 5.01. The molecular formula is C12H20ClNO2. The summed E-state index contributed by atoms with van der Waals surface area (Å²) in [6, 6.07) is 7.44. The van der Waals surface area contributed by atoms with Gasteiger partial charge in [-0.25, -0.2) is 0 Å². The second-order valence-electron chi connectivity index (χ2n) is 4.40.